The van der Waals surface area contributed by atoms with Crippen LogP contribution in [0.1, 0.15) is 11.5 Å². The van der Waals surface area contributed by atoms with Gasteiger partial charge in [0.25, 0.3) is 5.56 Å². The number of halogens is 4. The highest BCUT2D eigenvalue weighted by Crippen LogP contribution is 2.28. The van der Waals surface area contributed by atoms with Crippen molar-refractivity contribution in [2.75, 3.05) is 5.32 Å². The first kappa shape index (κ1) is 20.3. The molecule has 0 fully saturated rings. The van der Waals surface area contributed by atoms with Gasteiger partial charge >= 0.3 is 6.36 Å². The molecule has 0 aliphatic rings. The number of alkyl halides is 3. The Bertz CT molecular complexity index is 1330. The molecular formula is C19H14F4N6O2. The smallest absolute Gasteiger partial charge is 0.403 e. The summed E-state index contributed by atoms with van der Waals surface area (Å²) in [4.78, 5) is 24.9. The summed E-state index contributed by atoms with van der Waals surface area (Å²) in [5, 5.41) is 5.72. The molecule has 12 heteroatoms. The number of fused-ring (bicyclic) bond motifs is 1. The van der Waals surface area contributed by atoms with E-state index in [4.69, 9.17) is 0 Å². The third-order valence-corrected chi connectivity index (χ3v) is 4.20. The van der Waals surface area contributed by atoms with Gasteiger partial charge in [-0.1, -0.05) is 0 Å². The molecule has 0 aliphatic carbocycles. The Kier molecular flexibility index (Phi) is 4.84. The fraction of sp³-hybridized carbons (Fsp3) is 0.158. The minimum absolute atomic E-state index is 0.0880. The van der Waals surface area contributed by atoms with Crippen molar-refractivity contribution < 1.29 is 22.3 Å². The van der Waals surface area contributed by atoms with Crippen LogP contribution in [0.2, 0.25) is 0 Å². The lowest BCUT2D eigenvalue weighted by Crippen LogP contribution is -2.18. The first-order chi connectivity index (χ1) is 14.6. The number of aromatic nitrogens is 5. The van der Waals surface area contributed by atoms with Crippen LogP contribution in [0.4, 0.5) is 29.2 Å². The number of nitrogens with zero attached hydrogens (tertiary/aromatic N) is 4. The molecular weight excluding hydrogens is 420 g/mol. The van der Waals surface area contributed by atoms with E-state index in [0.29, 0.717) is 23.0 Å². The number of benzene rings is 1. The van der Waals surface area contributed by atoms with Crippen molar-refractivity contribution >= 4 is 22.5 Å². The van der Waals surface area contributed by atoms with Crippen LogP contribution < -0.4 is 15.6 Å². The second-order valence-corrected chi connectivity index (χ2v) is 6.59. The Morgan fingerprint density at radius 2 is 1.87 bits per heavy atom. The lowest BCUT2D eigenvalue weighted by Gasteiger charge is -2.11. The molecule has 4 rings (SSSR count). The second kappa shape index (κ2) is 7.38. The van der Waals surface area contributed by atoms with E-state index in [1.54, 1.807) is 19.9 Å². The highest BCUT2D eigenvalue weighted by atomic mass is 19.4. The van der Waals surface area contributed by atoms with Gasteiger partial charge in [0.15, 0.2) is 11.6 Å². The molecule has 1 aromatic carbocycles. The molecule has 3 heterocycles. The van der Waals surface area contributed by atoms with E-state index >= 15 is 0 Å². The van der Waals surface area contributed by atoms with Crippen LogP contribution >= 0.6 is 0 Å². The molecule has 0 unspecified atom stereocenters. The number of ether oxygens (including phenoxy) is 1. The maximum Gasteiger partial charge on any atom is 0.573 e. The number of aryl methyl sites for hydroxylation is 2. The van der Waals surface area contributed by atoms with E-state index in [9.17, 15) is 22.4 Å². The first-order valence-corrected chi connectivity index (χ1v) is 8.85. The summed E-state index contributed by atoms with van der Waals surface area (Å²) in [7, 11) is 0. The predicted molar refractivity (Wildman–Crippen MR) is 103 cm³/mol. The number of rotatable bonds is 4. The number of aromatic amines is 1. The van der Waals surface area contributed by atoms with Crippen LogP contribution in [-0.4, -0.2) is 31.1 Å². The quantitative estimate of drug-likeness (QED) is 0.473. The van der Waals surface area contributed by atoms with Crippen molar-refractivity contribution in [2.24, 2.45) is 0 Å². The van der Waals surface area contributed by atoms with Crippen molar-refractivity contribution in [1.29, 1.82) is 0 Å². The van der Waals surface area contributed by atoms with Gasteiger partial charge in [-0.25, -0.2) is 19.3 Å². The Morgan fingerprint density at radius 1 is 1.10 bits per heavy atom. The first-order valence-electron chi connectivity index (χ1n) is 8.85. The molecule has 3 aromatic heterocycles. The summed E-state index contributed by atoms with van der Waals surface area (Å²) in [5.74, 6) is -0.833. The van der Waals surface area contributed by atoms with Gasteiger partial charge < -0.3 is 10.1 Å². The fourth-order valence-corrected chi connectivity index (χ4v) is 3.05. The number of hydrogen-bond acceptors (Lipinski definition) is 6. The lowest BCUT2D eigenvalue weighted by atomic mass is 10.2. The van der Waals surface area contributed by atoms with Gasteiger partial charge in [0, 0.05) is 30.1 Å². The maximum atomic E-state index is 14.1. The third-order valence-electron chi connectivity index (χ3n) is 4.20. The Morgan fingerprint density at radius 3 is 2.55 bits per heavy atom. The summed E-state index contributed by atoms with van der Waals surface area (Å²) >= 11 is 0. The SMILES string of the molecule is Cc1cc(Nc2cc3c(cn2)c(=O)[nH]n3-c2ccc(OC(F)(F)F)c(F)c2)nc(C)n1. The number of hydrogen-bond donors (Lipinski definition) is 2. The maximum absolute atomic E-state index is 14.1. The molecule has 160 valence electrons. The molecule has 0 atom stereocenters. The van der Waals surface area contributed by atoms with E-state index in [1.807, 2.05) is 0 Å². The Labute approximate surface area is 171 Å². The molecule has 0 amide bonds. The minimum atomic E-state index is -5.03. The van der Waals surface area contributed by atoms with Crippen molar-refractivity contribution in [2.45, 2.75) is 20.2 Å². The van der Waals surface area contributed by atoms with Crippen molar-refractivity contribution in [1.82, 2.24) is 24.7 Å². The molecule has 2 N–H and O–H groups in total. The van der Waals surface area contributed by atoms with Crippen molar-refractivity contribution in [3.63, 3.8) is 0 Å². The van der Waals surface area contributed by atoms with E-state index in [-0.39, 0.29) is 11.1 Å². The molecule has 31 heavy (non-hydrogen) atoms. The van der Waals surface area contributed by atoms with Crippen molar-refractivity contribution in [3.8, 4) is 11.4 Å². The molecule has 0 radical (unpaired) electrons. The van der Waals surface area contributed by atoms with Gasteiger partial charge in [0.1, 0.15) is 17.5 Å². The molecule has 0 saturated carbocycles. The average molecular weight is 434 g/mol. The highest BCUT2D eigenvalue weighted by molar-refractivity contribution is 5.82. The Balaban J connectivity index is 1.74. The molecule has 0 aliphatic heterocycles. The summed E-state index contributed by atoms with van der Waals surface area (Å²) in [6.45, 7) is 3.54. The van der Waals surface area contributed by atoms with Crippen LogP contribution in [0.5, 0.6) is 5.75 Å². The fourth-order valence-electron chi connectivity index (χ4n) is 3.05. The number of nitrogens with one attached hydrogen (secondary N) is 2. The Hall–Kier alpha value is -3.96. The van der Waals surface area contributed by atoms with Gasteiger partial charge in [-0.05, 0) is 26.0 Å². The third kappa shape index (κ3) is 4.32. The van der Waals surface area contributed by atoms with Crippen LogP contribution in [0.3, 0.4) is 0 Å². The van der Waals surface area contributed by atoms with Crippen LogP contribution in [-0.2, 0) is 0 Å². The van der Waals surface area contributed by atoms with E-state index < -0.39 is 23.5 Å². The largest absolute Gasteiger partial charge is 0.573 e. The minimum Gasteiger partial charge on any atom is -0.403 e. The van der Waals surface area contributed by atoms with Crippen LogP contribution in [0.15, 0.2) is 41.3 Å². The van der Waals surface area contributed by atoms with Crippen LogP contribution in [0, 0.1) is 19.7 Å². The normalized spacial score (nSPS) is 11.7. The lowest BCUT2D eigenvalue weighted by molar-refractivity contribution is -0.275. The summed E-state index contributed by atoms with van der Waals surface area (Å²) in [6.07, 6.45) is -3.70. The van der Waals surface area contributed by atoms with Gasteiger partial charge in [-0.3, -0.25) is 14.6 Å². The zero-order valence-electron chi connectivity index (χ0n) is 16.1. The van der Waals surface area contributed by atoms with Crippen molar-refractivity contribution in [3.05, 3.63) is 64.2 Å². The van der Waals surface area contributed by atoms with Gasteiger partial charge in [0.05, 0.1) is 16.6 Å². The summed E-state index contributed by atoms with van der Waals surface area (Å²) in [5.41, 5.74) is 0.656. The van der Waals surface area contributed by atoms with E-state index in [1.165, 1.54) is 23.0 Å². The molecule has 4 aromatic rings. The topological polar surface area (TPSA) is 97.7 Å². The summed E-state index contributed by atoms with van der Waals surface area (Å²) < 4.78 is 56.1. The zero-order chi connectivity index (χ0) is 22.3. The number of anilines is 2. The van der Waals surface area contributed by atoms with E-state index in [2.05, 4.69) is 30.1 Å². The number of H-pyrrole nitrogens is 1. The summed E-state index contributed by atoms with van der Waals surface area (Å²) in [6, 6.07) is 6.07. The highest BCUT2D eigenvalue weighted by Gasteiger charge is 2.32. The van der Waals surface area contributed by atoms with Gasteiger partial charge in [-0.2, -0.15) is 0 Å². The van der Waals surface area contributed by atoms with Crippen LogP contribution in [0.25, 0.3) is 16.6 Å². The number of pyridine rings is 1. The van der Waals surface area contributed by atoms with E-state index in [0.717, 1.165) is 17.8 Å². The zero-order valence-corrected chi connectivity index (χ0v) is 16.1. The van der Waals surface area contributed by atoms with Gasteiger partial charge in [-0.15, -0.1) is 13.2 Å². The van der Waals surface area contributed by atoms with Gasteiger partial charge in [0.2, 0.25) is 0 Å². The molecule has 8 nitrogen and oxygen atoms in total. The standard InChI is InChI=1S/C19H14F4N6O2/c1-9-5-17(26-10(2)25-9)27-16-7-14-12(8-24-16)18(30)28-29(14)11-3-4-15(13(20)6-11)31-19(21,22)23/h3-8H,1-2H3,(H,28,30)(H,24,25,26,27). The second-order valence-electron chi connectivity index (χ2n) is 6.59. The molecule has 0 saturated heterocycles. The predicted octanol–water partition coefficient (Wildman–Crippen LogP) is 3.90. The average Bonchev–Trinajstić information content (AvgIpc) is 2.98. The molecule has 0 bridgehead atoms. The monoisotopic (exact) mass is 434 g/mol. The molecule has 0 spiro atoms.